The van der Waals surface area contributed by atoms with Gasteiger partial charge in [-0.1, -0.05) is 11.3 Å². The van der Waals surface area contributed by atoms with Crippen LogP contribution in [0.1, 0.15) is 32.4 Å². The van der Waals surface area contributed by atoms with E-state index in [-0.39, 0.29) is 18.7 Å². The van der Waals surface area contributed by atoms with Crippen LogP contribution in [0.15, 0.2) is 5.38 Å². The van der Waals surface area contributed by atoms with Gasteiger partial charge in [0.1, 0.15) is 0 Å². The molecule has 2 aliphatic heterocycles. The number of aliphatic hydroxyl groups is 1. The van der Waals surface area contributed by atoms with Crippen LogP contribution in [0.25, 0.3) is 0 Å². The number of thiazole rings is 1. The highest BCUT2D eigenvalue weighted by atomic mass is 32.1. The van der Waals surface area contributed by atoms with E-state index < -0.39 is 0 Å². The Morgan fingerprint density at radius 1 is 1.44 bits per heavy atom. The minimum absolute atomic E-state index is 0.140. The SMILES string of the molecule is CC(C)N1CCN(C(=O)Oc2nc(CO)cs2)C(C2CCNCC2)C1. The Labute approximate surface area is 153 Å². The van der Waals surface area contributed by atoms with Crippen molar-refractivity contribution in [3.8, 4) is 5.19 Å². The van der Waals surface area contributed by atoms with Crippen LogP contribution < -0.4 is 10.1 Å². The van der Waals surface area contributed by atoms with E-state index >= 15 is 0 Å². The molecule has 1 aromatic rings. The molecule has 0 aliphatic carbocycles. The molecule has 8 heteroatoms. The van der Waals surface area contributed by atoms with Crippen molar-refractivity contribution in [2.24, 2.45) is 5.92 Å². The first-order chi connectivity index (χ1) is 12.1. The number of carbonyl (C=O) groups excluding carboxylic acids is 1. The topological polar surface area (TPSA) is 77.9 Å². The number of rotatable bonds is 4. The first-order valence-electron chi connectivity index (χ1n) is 9.07. The van der Waals surface area contributed by atoms with Crippen molar-refractivity contribution in [1.82, 2.24) is 20.1 Å². The van der Waals surface area contributed by atoms with E-state index in [0.717, 1.165) is 39.0 Å². The van der Waals surface area contributed by atoms with Gasteiger partial charge in [-0.15, -0.1) is 0 Å². The molecule has 2 aliphatic rings. The molecular weight excluding hydrogens is 340 g/mol. The number of aliphatic hydroxyl groups excluding tert-OH is 1. The van der Waals surface area contributed by atoms with E-state index in [9.17, 15) is 4.79 Å². The molecule has 2 N–H and O–H groups in total. The first kappa shape index (κ1) is 18.6. The summed E-state index contributed by atoms with van der Waals surface area (Å²) in [6.45, 7) is 8.75. The second-order valence-electron chi connectivity index (χ2n) is 7.07. The van der Waals surface area contributed by atoms with E-state index in [1.807, 2.05) is 4.90 Å². The Bertz CT molecular complexity index is 574. The fourth-order valence-electron chi connectivity index (χ4n) is 3.70. The van der Waals surface area contributed by atoms with Crippen molar-refractivity contribution in [3.05, 3.63) is 11.1 Å². The van der Waals surface area contributed by atoms with Crippen LogP contribution in [0, 0.1) is 5.92 Å². The lowest BCUT2D eigenvalue weighted by Crippen LogP contribution is -2.60. The highest BCUT2D eigenvalue weighted by molar-refractivity contribution is 7.11. The molecule has 2 fully saturated rings. The van der Waals surface area contributed by atoms with Crippen molar-refractivity contribution in [2.45, 2.75) is 45.4 Å². The van der Waals surface area contributed by atoms with Crippen molar-refractivity contribution in [3.63, 3.8) is 0 Å². The number of nitrogens with one attached hydrogen (secondary N) is 1. The number of amides is 1. The molecule has 1 amide bonds. The fraction of sp³-hybridized carbons (Fsp3) is 0.765. The summed E-state index contributed by atoms with van der Waals surface area (Å²) < 4.78 is 5.50. The van der Waals surface area contributed by atoms with Gasteiger partial charge in [-0.25, -0.2) is 9.78 Å². The average molecular weight is 369 g/mol. The minimum atomic E-state index is -0.314. The third kappa shape index (κ3) is 4.49. The average Bonchev–Trinajstić information content (AvgIpc) is 3.09. The largest absolute Gasteiger partial charge is 0.417 e. The van der Waals surface area contributed by atoms with Crippen LogP contribution in [0.4, 0.5) is 4.79 Å². The molecule has 0 saturated carbocycles. The van der Waals surface area contributed by atoms with Gasteiger partial charge in [0.15, 0.2) is 0 Å². The lowest BCUT2D eigenvalue weighted by molar-refractivity contribution is 0.0272. The quantitative estimate of drug-likeness (QED) is 0.839. The maximum atomic E-state index is 12.8. The van der Waals surface area contributed by atoms with E-state index in [4.69, 9.17) is 9.84 Å². The number of aromatic nitrogens is 1. The summed E-state index contributed by atoms with van der Waals surface area (Å²) in [6, 6.07) is 0.663. The highest BCUT2D eigenvalue weighted by Gasteiger charge is 2.38. The Morgan fingerprint density at radius 3 is 2.84 bits per heavy atom. The van der Waals surface area contributed by atoms with Gasteiger partial charge in [-0.05, 0) is 45.7 Å². The van der Waals surface area contributed by atoms with Gasteiger partial charge in [-0.2, -0.15) is 0 Å². The van der Waals surface area contributed by atoms with Gasteiger partial charge in [-0.3, -0.25) is 4.90 Å². The van der Waals surface area contributed by atoms with Crippen LogP contribution >= 0.6 is 11.3 Å². The second-order valence-corrected chi connectivity index (χ2v) is 7.89. The summed E-state index contributed by atoms with van der Waals surface area (Å²) in [7, 11) is 0. The Kier molecular flexibility index (Phi) is 6.27. The number of nitrogens with zero attached hydrogens (tertiary/aromatic N) is 3. The fourth-order valence-corrected chi connectivity index (χ4v) is 4.36. The highest BCUT2D eigenvalue weighted by Crippen LogP contribution is 2.27. The molecule has 1 aromatic heterocycles. The molecule has 3 heterocycles. The van der Waals surface area contributed by atoms with Crippen LogP contribution in [-0.4, -0.2) is 70.8 Å². The Hall–Kier alpha value is -1.22. The van der Waals surface area contributed by atoms with Crippen LogP contribution in [0.2, 0.25) is 0 Å². The third-order valence-electron chi connectivity index (χ3n) is 5.21. The predicted molar refractivity (Wildman–Crippen MR) is 96.9 cm³/mol. The monoisotopic (exact) mass is 368 g/mol. The number of hydrogen-bond donors (Lipinski definition) is 2. The molecule has 3 rings (SSSR count). The van der Waals surface area contributed by atoms with Crippen molar-refractivity contribution >= 4 is 17.4 Å². The van der Waals surface area contributed by atoms with Gasteiger partial charge in [0, 0.05) is 31.1 Å². The molecular formula is C17H28N4O3S. The smallest absolute Gasteiger partial charge is 0.390 e. The molecule has 25 heavy (non-hydrogen) atoms. The number of carbonyl (C=O) groups is 1. The van der Waals surface area contributed by atoms with E-state index in [1.165, 1.54) is 11.3 Å². The molecule has 2 saturated heterocycles. The van der Waals surface area contributed by atoms with Gasteiger partial charge in [0.2, 0.25) is 0 Å². The summed E-state index contributed by atoms with van der Waals surface area (Å²) in [5, 5.41) is 14.5. The lowest BCUT2D eigenvalue weighted by atomic mass is 9.87. The molecule has 0 aromatic carbocycles. The lowest BCUT2D eigenvalue weighted by Gasteiger charge is -2.46. The summed E-state index contributed by atoms with van der Waals surface area (Å²) in [5.74, 6) is 0.500. The van der Waals surface area contributed by atoms with Crippen LogP contribution in [0.5, 0.6) is 5.19 Å². The summed E-state index contributed by atoms with van der Waals surface area (Å²) in [5.41, 5.74) is 0.535. The second kappa shape index (κ2) is 8.44. The van der Waals surface area contributed by atoms with E-state index in [2.05, 4.69) is 29.0 Å². The predicted octanol–water partition coefficient (Wildman–Crippen LogP) is 1.53. The van der Waals surface area contributed by atoms with Crippen molar-refractivity contribution in [2.75, 3.05) is 32.7 Å². The van der Waals surface area contributed by atoms with Gasteiger partial charge in [0.25, 0.3) is 5.19 Å². The molecule has 0 spiro atoms. The zero-order chi connectivity index (χ0) is 17.8. The normalized spacial score (nSPS) is 23.2. The Morgan fingerprint density at radius 2 is 2.20 bits per heavy atom. The number of hydrogen-bond acceptors (Lipinski definition) is 7. The molecule has 0 radical (unpaired) electrons. The van der Waals surface area contributed by atoms with Crippen molar-refractivity contribution < 1.29 is 14.6 Å². The number of piperazine rings is 1. The summed E-state index contributed by atoms with van der Waals surface area (Å²) in [6.07, 6.45) is 1.87. The van der Waals surface area contributed by atoms with Gasteiger partial charge < -0.3 is 20.1 Å². The maximum Gasteiger partial charge on any atom is 0.417 e. The molecule has 0 bridgehead atoms. The molecule has 140 valence electrons. The molecule has 1 atom stereocenters. The number of ether oxygens (including phenoxy) is 1. The van der Waals surface area contributed by atoms with Crippen molar-refractivity contribution in [1.29, 1.82) is 0 Å². The van der Waals surface area contributed by atoms with Crippen LogP contribution in [-0.2, 0) is 6.61 Å². The van der Waals surface area contributed by atoms with Crippen LogP contribution in [0.3, 0.4) is 0 Å². The third-order valence-corrected chi connectivity index (χ3v) is 5.98. The van der Waals surface area contributed by atoms with Gasteiger partial charge in [0.05, 0.1) is 18.3 Å². The Balaban J connectivity index is 1.70. The first-order valence-corrected chi connectivity index (χ1v) is 9.95. The molecule has 7 nitrogen and oxygen atoms in total. The van der Waals surface area contributed by atoms with Gasteiger partial charge >= 0.3 is 6.09 Å². The zero-order valence-electron chi connectivity index (χ0n) is 15.0. The molecule has 1 unspecified atom stereocenters. The summed E-state index contributed by atoms with van der Waals surface area (Å²) in [4.78, 5) is 21.2. The summed E-state index contributed by atoms with van der Waals surface area (Å²) >= 11 is 1.25. The standard InChI is InChI=1S/C17H28N4O3S/c1-12(2)20-7-8-21(15(9-20)13-3-5-18-6-4-13)17(23)24-16-19-14(10-22)11-25-16/h11-13,15,18,22H,3-10H2,1-2H3. The zero-order valence-corrected chi connectivity index (χ0v) is 15.8. The number of piperidine rings is 1. The van der Waals surface area contributed by atoms with E-state index in [0.29, 0.717) is 29.4 Å². The minimum Gasteiger partial charge on any atom is -0.390 e. The van der Waals surface area contributed by atoms with E-state index in [1.54, 1.807) is 5.38 Å². The maximum absolute atomic E-state index is 12.8.